The molecule has 4 aromatic carbocycles. The molecule has 0 amide bonds. The number of hydrogen-bond acceptors (Lipinski definition) is 6. The van der Waals surface area contributed by atoms with Gasteiger partial charge in [-0.1, -0.05) is 177 Å². The fourth-order valence-corrected chi connectivity index (χ4v) is 8.25. The Hall–Kier alpha value is -5.02. The predicted molar refractivity (Wildman–Crippen MR) is 259 cm³/mol. The molecule has 0 aliphatic heterocycles. The van der Waals surface area contributed by atoms with Gasteiger partial charge in [0.25, 0.3) is 0 Å². The smallest absolute Gasteiger partial charge is 0.502 e. The first-order valence-electron chi connectivity index (χ1n) is 22.9. The fraction of sp³-hybridized carbons (Fsp3) is 0.333. The zero-order chi connectivity index (χ0) is 45.1. The van der Waals surface area contributed by atoms with E-state index in [-0.39, 0.29) is 46.8 Å². The largest absolute Gasteiger partial charge is 2.00 e. The molecule has 344 valence electrons. The third-order valence-corrected chi connectivity index (χ3v) is 11.2. The Bertz CT molecular complexity index is 2700. The summed E-state index contributed by atoms with van der Waals surface area (Å²) in [6, 6.07) is 39.8. The van der Waals surface area contributed by atoms with Crippen molar-refractivity contribution in [3.63, 3.8) is 0 Å². The second kappa shape index (κ2) is 22.2. The van der Waals surface area contributed by atoms with E-state index < -0.39 is 0 Å². The molecule has 0 bridgehead atoms. The zero-order valence-electron chi connectivity index (χ0n) is 39.6. The first kappa shape index (κ1) is 50.4. The second-order valence-electron chi connectivity index (χ2n) is 19.1. The maximum absolute atomic E-state index is 7.08. The summed E-state index contributed by atoms with van der Waals surface area (Å²) in [5.41, 5.74) is 10.4. The molecule has 0 radical (unpaired) electrons. The van der Waals surface area contributed by atoms with Crippen LogP contribution in [0.2, 0.25) is 0 Å². The summed E-state index contributed by atoms with van der Waals surface area (Å²) < 4.78 is 16.2. The summed E-state index contributed by atoms with van der Waals surface area (Å²) in [5.74, 6) is 5.01. The van der Waals surface area contributed by atoms with E-state index in [0.717, 1.165) is 97.8 Å². The quantitative estimate of drug-likeness (QED) is 0.0709. The molecule has 0 aliphatic rings. The Morgan fingerprint density at radius 3 is 1.23 bits per heavy atom. The van der Waals surface area contributed by atoms with E-state index in [1.165, 1.54) is 0 Å². The van der Waals surface area contributed by atoms with E-state index >= 15 is 0 Å². The van der Waals surface area contributed by atoms with Crippen LogP contribution in [0.1, 0.15) is 103 Å². The molecule has 0 aliphatic carbocycles. The van der Waals surface area contributed by atoms with Crippen LogP contribution in [-0.2, 0) is 66.5 Å². The molecule has 0 N–H and O–H groups in total. The van der Waals surface area contributed by atoms with Gasteiger partial charge < -0.3 is 24.0 Å². The first-order chi connectivity index (χ1) is 30.8. The molecule has 0 atom stereocenters. The monoisotopic (exact) mass is 1060 g/mol. The van der Waals surface area contributed by atoms with Crippen LogP contribution < -0.4 is 9.47 Å². The van der Waals surface area contributed by atoms with Crippen LogP contribution in [0.4, 0.5) is 0 Å². The summed E-state index contributed by atoms with van der Waals surface area (Å²) >= 11 is 0. The van der Waals surface area contributed by atoms with Gasteiger partial charge in [-0.15, -0.1) is 58.7 Å². The Balaban J connectivity index is 0.00000360. The van der Waals surface area contributed by atoms with Crippen molar-refractivity contribution >= 4 is 21.8 Å². The van der Waals surface area contributed by atoms with Crippen molar-refractivity contribution in [1.29, 1.82) is 0 Å². The average Bonchev–Trinajstić information content (AvgIpc) is 3.56. The molecule has 0 saturated carbocycles. The number of fused-ring (bicyclic) bond motifs is 3. The Morgan fingerprint density at radius 2 is 0.864 bits per heavy atom. The van der Waals surface area contributed by atoms with Gasteiger partial charge in [0.2, 0.25) is 5.95 Å². The van der Waals surface area contributed by atoms with Gasteiger partial charge in [0, 0.05) is 47.8 Å². The van der Waals surface area contributed by atoms with Crippen LogP contribution in [0, 0.1) is 47.9 Å². The maximum atomic E-state index is 7.08. The summed E-state index contributed by atoms with van der Waals surface area (Å²) in [6.07, 6.45) is 10.7. The number of benzene rings is 4. The molecule has 9 heteroatoms. The minimum Gasteiger partial charge on any atom is -0.502 e. The Kier molecular flexibility index (Phi) is 16.9. The van der Waals surface area contributed by atoms with Gasteiger partial charge in [-0.3, -0.25) is 0 Å². The van der Waals surface area contributed by atoms with Crippen LogP contribution in [0.25, 0.3) is 50.3 Å². The molecule has 8 aromatic rings. The van der Waals surface area contributed by atoms with Gasteiger partial charge in [-0.2, -0.15) is 22.9 Å². The first-order valence-corrected chi connectivity index (χ1v) is 22.9. The van der Waals surface area contributed by atoms with Gasteiger partial charge in [0.1, 0.15) is 0 Å². The van der Waals surface area contributed by atoms with Crippen LogP contribution in [0.3, 0.4) is 0 Å². The van der Waals surface area contributed by atoms with Crippen molar-refractivity contribution in [2.45, 2.75) is 101 Å². The predicted octanol–water partition coefficient (Wildman–Crippen LogP) is 14.4. The van der Waals surface area contributed by atoms with Crippen molar-refractivity contribution in [2.75, 3.05) is 0 Å². The van der Waals surface area contributed by atoms with Gasteiger partial charge >= 0.3 is 40.8 Å². The number of rotatable bonds is 16. The zero-order valence-corrected chi connectivity index (χ0v) is 42.7. The molecular weight excluding hydrogens is 999 g/mol. The van der Waals surface area contributed by atoms with Crippen LogP contribution >= 0.6 is 0 Å². The third kappa shape index (κ3) is 11.6. The number of aromatic nitrogens is 5. The number of hydrogen-bond donors (Lipinski definition) is 0. The maximum Gasteiger partial charge on any atom is 2.00 e. The molecule has 0 unspecified atom stereocenters. The van der Waals surface area contributed by atoms with E-state index in [2.05, 4.69) is 144 Å². The second-order valence-corrected chi connectivity index (χ2v) is 19.1. The summed E-state index contributed by atoms with van der Waals surface area (Å²) in [6.45, 7) is 22.2. The van der Waals surface area contributed by atoms with Gasteiger partial charge in [-0.25, -0.2) is 9.97 Å². The third-order valence-electron chi connectivity index (χ3n) is 11.2. The van der Waals surface area contributed by atoms with Crippen LogP contribution in [0.15, 0.2) is 97.6 Å². The molecule has 0 spiro atoms. The van der Waals surface area contributed by atoms with Crippen molar-refractivity contribution in [1.82, 2.24) is 24.5 Å². The number of ether oxygens (including phenoxy) is 2. The average molecular weight is 1060 g/mol. The van der Waals surface area contributed by atoms with E-state index in [9.17, 15) is 0 Å². The van der Waals surface area contributed by atoms with Gasteiger partial charge in [0.15, 0.2) is 0 Å². The Labute approximate surface area is 419 Å². The van der Waals surface area contributed by atoms with E-state index in [1.807, 2.05) is 61.2 Å². The van der Waals surface area contributed by atoms with Gasteiger partial charge in [0.05, 0.1) is 0 Å². The molecular formula is C57H59N5O2Pd2. The number of nitrogens with zero attached hydrogens (tertiary/aromatic N) is 5. The van der Waals surface area contributed by atoms with E-state index in [1.54, 1.807) is 0 Å². The molecule has 0 fully saturated rings. The van der Waals surface area contributed by atoms with Crippen molar-refractivity contribution in [3.05, 3.63) is 150 Å². The van der Waals surface area contributed by atoms with Crippen molar-refractivity contribution in [2.24, 2.45) is 23.7 Å². The minimum atomic E-state index is 0. The Morgan fingerprint density at radius 1 is 0.470 bits per heavy atom. The van der Waals surface area contributed by atoms with Crippen molar-refractivity contribution in [3.8, 4) is 51.5 Å². The standard InChI is InChI=1S/C57H59N5O2.2Pd/c1-35(2)23-42-19-17-40(49-15-11-13-21-58-49)29-53(42)63-55-31-51-47(27-44(55)25-37(5)6)48-28-45(26-38(7)8)56(32-52(48)62(51)57-60-33-46(34-61-57)39(9)10)64-54-30-41(50-16-12-14-22-59-50)18-20-43(54)24-36(3)4;;/h11-22,27-28,33-39H,23-26H2,1-10H3;;/q-4;2*+2. The van der Waals surface area contributed by atoms with E-state index in [0.29, 0.717) is 52.6 Å². The van der Waals surface area contributed by atoms with Crippen molar-refractivity contribution < 1.29 is 50.3 Å². The molecule has 4 heterocycles. The molecule has 0 saturated heterocycles. The summed E-state index contributed by atoms with van der Waals surface area (Å²) in [4.78, 5) is 19.3. The SMILES string of the molecule is CC(C)Cc1ccc(-c2ccccn2)[c-]c1Oc1[c-]c2c(cc1CC(C)C)c1cc(CC(C)C)c(Oc3[c-]c(-c4ccccn4)ccc3CC(C)C)[c-]c1n2-c1ncc(C(C)C)cn1.[Pd+2].[Pd+2]. The molecule has 66 heavy (non-hydrogen) atoms. The van der Waals surface area contributed by atoms with Gasteiger partial charge in [-0.05, 0) is 35.0 Å². The van der Waals surface area contributed by atoms with Crippen LogP contribution in [0.5, 0.6) is 23.0 Å². The molecule has 8 rings (SSSR count). The fourth-order valence-electron chi connectivity index (χ4n) is 8.25. The van der Waals surface area contributed by atoms with E-state index in [4.69, 9.17) is 19.4 Å². The number of pyridine rings is 2. The normalized spacial score (nSPS) is 11.6. The summed E-state index contributed by atoms with van der Waals surface area (Å²) in [5, 5.41) is 2.06. The minimum absolute atomic E-state index is 0. The molecule has 4 aromatic heterocycles. The molecule has 7 nitrogen and oxygen atoms in total. The topological polar surface area (TPSA) is 75.0 Å². The van der Waals surface area contributed by atoms with Crippen LogP contribution in [-0.4, -0.2) is 24.5 Å². The summed E-state index contributed by atoms with van der Waals surface area (Å²) in [7, 11) is 0.